The molecular formula is C21H23ClN2O4. The Morgan fingerprint density at radius 1 is 1.18 bits per heavy atom. The molecule has 0 spiro atoms. The number of benzene rings is 2. The molecule has 0 aromatic heterocycles. The van der Waals surface area contributed by atoms with Crippen molar-refractivity contribution >= 4 is 23.4 Å². The van der Waals surface area contributed by atoms with Crippen LogP contribution in [0, 0.1) is 5.92 Å². The van der Waals surface area contributed by atoms with E-state index < -0.39 is 6.09 Å². The predicted molar refractivity (Wildman–Crippen MR) is 108 cm³/mol. The molecule has 0 unspecified atom stereocenters. The maximum absolute atomic E-state index is 11.0. The van der Waals surface area contributed by atoms with Gasteiger partial charge in [0, 0.05) is 29.2 Å². The quantitative estimate of drug-likeness (QED) is 0.570. The molecule has 0 bridgehead atoms. The first-order valence-corrected chi connectivity index (χ1v) is 9.53. The van der Waals surface area contributed by atoms with E-state index in [1.807, 2.05) is 48.5 Å². The summed E-state index contributed by atoms with van der Waals surface area (Å²) in [5, 5.41) is 13.9. The number of carboxylic acid groups (broad SMARTS) is 1. The zero-order chi connectivity index (χ0) is 19.9. The summed E-state index contributed by atoms with van der Waals surface area (Å²) in [6, 6.07) is 15.1. The summed E-state index contributed by atoms with van der Waals surface area (Å²) in [6.45, 7) is 1.68. The lowest BCUT2D eigenvalue weighted by Gasteiger charge is -2.29. The Morgan fingerprint density at radius 2 is 1.89 bits per heavy atom. The van der Waals surface area contributed by atoms with Gasteiger partial charge in [-0.25, -0.2) is 4.79 Å². The van der Waals surface area contributed by atoms with E-state index in [1.165, 1.54) is 12.0 Å². The van der Waals surface area contributed by atoms with Crippen molar-refractivity contribution in [2.75, 3.05) is 26.8 Å². The van der Waals surface area contributed by atoms with E-state index in [9.17, 15) is 4.79 Å². The zero-order valence-corrected chi connectivity index (χ0v) is 16.4. The topological polar surface area (TPSA) is 71.4 Å². The van der Waals surface area contributed by atoms with Crippen molar-refractivity contribution in [1.29, 1.82) is 0 Å². The van der Waals surface area contributed by atoms with Crippen molar-refractivity contribution in [1.82, 2.24) is 4.90 Å². The van der Waals surface area contributed by atoms with Gasteiger partial charge in [0.2, 0.25) is 0 Å². The van der Waals surface area contributed by atoms with Crippen LogP contribution in [0.15, 0.2) is 53.7 Å². The lowest BCUT2D eigenvalue weighted by Crippen LogP contribution is -2.38. The number of amides is 1. The van der Waals surface area contributed by atoms with Crippen LogP contribution in [0.25, 0.3) is 0 Å². The molecule has 28 heavy (non-hydrogen) atoms. The summed E-state index contributed by atoms with van der Waals surface area (Å²) in [7, 11) is 1.51. The molecule has 1 aliphatic heterocycles. The summed E-state index contributed by atoms with van der Waals surface area (Å²) < 4.78 is 5.98. The molecular weight excluding hydrogens is 380 g/mol. The molecule has 3 rings (SSSR count). The van der Waals surface area contributed by atoms with E-state index in [-0.39, 0.29) is 0 Å². The van der Waals surface area contributed by atoms with Crippen molar-refractivity contribution in [3.8, 4) is 5.75 Å². The number of halogens is 1. The maximum Gasteiger partial charge on any atom is 0.407 e. The minimum absolute atomic E-state index is 0.350. The lowest BCUT2D eigenvalue weighted by molar-refractivity contribution is 0.111. The van der Waals surface area contributed by atoms with Gasteiger partial charge < -0.3 is 19.6 Å². The molecule has 148 valence electrons. The fourth-order valence-corrected chi connectivity index (χ4v) is 3.34. The van der Waals surface area contributed by atoms with Gasteiger partial charge >= 0.3 is 6.09 Å². The number of hydrogen-bond donors (Lipinski definition) is 1. The van der Waals surface area contributed by atoms with Crippen molar-refractivity contribution < 1.29 is 19.5 Å². The molecule has 0 saturated carbocycles. The minimum Gasteiger partial charge on any atom is -0.493 e. The van der Waals surface area contributed by atoms with Crippen LogP contribution in [0.1, 0.15) is 24.0 Å². The van der Waals surface area contributed by atoms with Gasteiger partial charge in [-0.2, -0.15) is 0 Å². The van der Waals surface area contributed by atoms with Crippen LogP contribution in [0.3, 0.4) is 0 Å². The molecule has 1 N–H and O–H groups in total. The standard InChI is InChI=1S/C21H23ClN2O4/c1-27-23-20(16-5-7-18(22)8-6-16)17-3-2-4-19(13-17)28-14-15-9-11-24(12-10-15)21(25)26/h2-8,13,15H,9-12,14H2,1H3,(H,25,26). The fraction of sp³-hybridized carbons (Fsp3) is 0.333. The van der Waals surface area contributed by atoms with Gasteiger partial charge in [0.1, 0.15) is 18.6 Å². The number of nitrogens with zero attached hydrogens (tertiary/aromatic N) is 2. The van der Waals surface area contributed by atoms with E-state index in [4.69, 9.17) is 26.3 Å². The molecule has 1 amide bonds. The maximum atomic E-state index is 11.0. The Kier molecular flexibility index (Phi) is 6.76. The normalized spacial score (nSPS) is 15.4. The minimum atomic E-state index is -0.848. The summed E-state index contributed by atoms with van der Waals surface area (Å²) in [5.74, 6) is 1.10. The molecule has 1 fully saturated rings. The molecule has 6 nitrogen and oxygen atoms in total. The van der Waals surface area contributed by atoms with Crippen LogP contribution in [0.2, 0.25) is 5.02 Å². The van der Waals surface area contributed by atoms with E-state index in [2.05, 4.69) is 5.16 Å². The summed E-state index contributed by atoms with van der Waals surface area (Å²) in [4.78, 5) is 17.5. The third kappa shape index (κ3) is 5.16. The molecule has 0 aliphatic carbocycles. The van der Waals surface area contributed by atoms with Crippen LogP contribution in [0.5, 0.6) is 5.75 Å². The van der Waals surface area contributed by atoms with E-state index in [0.717, 1.165) is 29.7 Å². The molecule has 1 aliphatic rings. The van der Waals surface area contributed by atoms with Gasteiger partial charge in [-0.05, 0) is 43.0 Å². The summed E-state index contributed by atoms with van der Waals surface area (Å²) in [6.07, 6.45) is 0.777. The highest BCUT2D eigenvalue weighted by molar-refractivity contribution is 6.30. The predicted octanol–water partition coefficient (Wildman–Crippen LogP) is 4.51. The molecule has 1 saturated heterocycles. The largest absolute Gasteiger partial charge is 0.493 e. The Balaban J connectivity index is 1.67. The third-order valence-corrected chi connectivity index (χ3v) is 5.03. The Labute approximate surface area is 169 Å². The van der Waals surface area contributed by atoms with Crippen molar-refractivity contribution in [2.24, 2.45) is 11.1 Å². The van der Waals surface area contributed by atoms with Gasteiger partial charge in [0.15, 0.2) is 0 Å². The average molecular weight is 403 g/mol. The Hall–Kier alpha value is -2.73. The van der Waals surface area contributed by atoms with Crippen LogP contribution in [0.4, 0.5) is 4.79 Å². The number of oxime groups is 1. The van der Waals surface area contributed by atoms with E-state index in [1.54, 1.807) is 0 Å². The molecule has 1 heterocycles. The number of likely N-dealkylation sites (tertiary alicyclic amines) is 1. The third-order valence-electron chi connectivity index (χ3n) is 4.78. The number of rotatable bonds is 6. The van der Waals surface area contributed by atoms with E-state index >= 15 is 0 Å². The highest BCUT2D eigenvalue weighted by atomic mass is 35.5. The van der Waals surface area contributed by atoms with Gasteiger partial charge in [-0.15, -0.1) is 0 Å². The SMILES string of the molecule is CON=C(c1ccc(Cl)cc1)c1cccc(OCC2CCN(C(=O)O)CC2)c1. The Bertz CT molecular complexity index is 831. The second-order valence-electron chi connectivity index (χ2n) is 6.68. The number of carbonyl (C=O) groups is 1. The van der Waals surface area contributed by atoms with Crippen LogP contribution in [-0.2, 0) is 4.84 Å². The average Bonchev–Trinajstić information content (AvgIpc) is 2.72. The summed E-state index contributed by atoms with van der Waals surface area (Å²) in [5.41, 5.74) is 2.46. The van der Waals surface area contributed by atoms with Gasteiger partial charge in [-0.3, -0.25) is 0 Å². The molecule has 0 atom stereocenters. The molecule has 2 aromatic carbocycles. The first-order valence-electron chi connectivity index (χ1n) is 9.15. The first kappa shape index (κ1) is 20.0. The fourth-order valence-electron chi connectivity index (χ4n) is 3.21. The number of hydrogen-bond acceptors (Lipinski definition) is 4. The first-order chi connectivity index (χ1) is 13.6. The number of piperidine rings is 1. The van der Waals surface area contributed by atoms with Crippen molar-refractivity contribution in [2.45, 2.75) is 12.8 Å². The molecule has 0 radical (unpaired) electrons. The van der Waals surface area contributed by atoms with Crippen LogP contribution < -0.4 is 4.74 Å². The zero-order valence-electron chi connectivity index (χ0n) is 15.7. The monoisotopic (exact) mass is 402 g/mol. The smallest absolute Gasteiger partial charge is 0.407 e. The highest BCUT2D eigenvalue weighted by Gasteiger charge is 2.22. The van der Waals surface area contributed by atoms with Gasteiger partial charge in [-0.1, -0.05) is 41.0 Å². The second kappa shape index (κ2) is 9.46. The molecule has 2 aromatic rings. The van der Waals surface area contributed by atoms with Gasteiger partial charge in [0.25, 0.3) is 0 Å². The van der Waals surface area contributed by atoms with Crippen molar-refractivity contribution in [3.63, 3.8) is 0 Å². The number of ether oxygens (including phenoxy) is 1. The highest BCUT2D eigenvalue weighted by Crippen LogP contribution is 2.22. The van der Waals surface area contributed by atoms with Gasteiger partial charge in [0.05, 0.1) is 6.61 Å². The summed E-state index contributed by atoms with van der Waals surface area (Å²) >= 11 is 5.98. The van der Waals surface area contributed by atoms with Crippen LogP contribution >= 0.6 is 11.6 Å². The second-order valence-corrected chi connectivity index (χ2v) is 7.12. The Morgan fingerprint density at radius 3 is 2.54 bits per heavy atom. The van der Waals surface area contributed by atoms with E-state index in [0.29, 0.717) is 36.3 Å². The van der Waals surface area contributed by atoms with Crippen LogP contribution in [-0.4, -0.2) is 48.6 Å². The lowest BCUT2D eigenvalue weighted by atomic mass is 9.98. The van der Waals surface area contributed by atoms with Crippen molar-refractivity contribution in [3.05, 3.63) is 64.7 Å². The molecule has 7 heteroatoms.